The summed E-state index contributed by atoms with van der Waals surface area (Å²) in [6.45, 7) is 0. The zero-order valence-electron chi connectivity index (χ0n) is 24.0. The van der Waals surface area contributed by atoms with Crippen molar-refractivity contribution in [2.75, 3.05) is 10.6 Å². The van der Waals surface area contributed by atoms with Crippen LogP contribution in [-0.4, -0.2) is 17.7 Å². The van der Waals surface area contributed by atoms with Gasteiger partial charge in [-0.25, -0.2) is 0 Å². The molecule has 0 saturated carbocycles. The number of amides is 3. The second-order valence-electron chi connectivity index (χ2n) is 9.94. The Labute approximate surface area is 285 Å². The third-order valence-corrected chi connectivity index (χ3v) is 8.59. The largest absolute Gasteiger partial charge is 0.323 e. The van der Waals surface area contributed by atoms with Crippen LogP contribution in [0.5, 0.6) is 0 Å². The van der Waals surface area contributed by atoms with Gasteiger partial charge in [0, 0.05) is 26.2 Å². The molecule has 6 nitrogen and oxygen atoms in total. The third-order valence-electron chi connectivity index (χ3n) is 6.56. The number of anilines is 2. The van der Waals surface area contributed by atoms with Crippen LogP contribution < -0.4 is 16.0 Å². The maximum atomic E-state index is 13.6. The molecule has 3 N–H and O–H groups in total. The molecule has 0 aromatic heterocycles. The molecule has 0 saturated heterocycles. The van der Waals surface area contributed by atoms with Crippen molar-refractivity contribution in [3.05, 3.63) is 165 Å². The Hall–Kier alpha value is -4.53. The molecule has 5 rings (SSSR count). The molecule has 0 spiro atoms. The highest BCUT2D eigenvalue weighted by Crippen LogP contribution is 2.38. The van der Waals surface area contributed by atoms with E-state index in [1.54, 1.807) is 97.1 Å². The molecular formula is C36H26Cl3N3O3S. The molecule has 0 heterocycles. The van der Waals surface area contributed by atoms with E-state index in [4.69, 9.17) is 34.8 Å². The summed E-state index contributed by atoms with van der Waals surface area (Å²) in [5, 5.41) is 9.12. The van der Waals surface area contributed by atoms with Crippen molar-refractivity contribution in [1.82, 2.24) is 5.32 Å². The van der Waals surface area contributed by atoms with Crippen LogP contribution >= 0.6 is 46.6 Å². The topological polar surface area (TPSA) is 87.3 Å². The van der Waals surface area contributed by atoms with Crippen LogP contribution in [0, 0.1) is 0 Å². The highest BCUT2D eigenvalue weighted by molar-refractivity contribution is 8.00. The minimum Gasteiger partial charge on any atom is -0.323 e. The molecule has 46 heavy (non-hydrogen) atoms. The zero-order valence-corrected chi connectivity index (χ0v) is 27.1. The summed E-state index contributed by atoms with van der Waals surface area (Å²) >= 11 is 19.8. The van der Waals surface area contributed by atoms with Crippen LogP contribution in [0.4, 0.5) is 11.4 Å². The van der Waals surface area contributed by atoms with E-state index in [-0.39, 0.29) is 11.6 Å². The summed E-state index contributed by atoms with van der Waals surface area (Å²) in [5.41, 5.74) is 2.74. The maximum Gasteiger partial charge on any atom is 0.272 e. The average molecular weight is 687 g/mol. The van der Waals surface area contributed by atoms with Gasteiger partial charge in [-0.05, 0) is 77.9 Å². The van der Waals surface area contributed by atoms with Crippen LogP contribution in [0.2, 0.25) is 15.1 Å². The summed E-state index contributed by atoms with van der Waals surface area (Å²) in [6.07, 6.45) is 1.55. The standard InChI is InChI=1S/C36H26Cl3N3O3S/c37-26-14-7-9-23(19-26)20-32(42-34(43)25-12-5-2-6-13-25)35(44)40-28-15-8-16-29(22-28)46-33(24-10-3-1-4-11-24)36(45)41-31-18-17-27(38)21-30(31)39/h1-22,33H,(H,40,44)(H,41,45)(H,42,43)/b32-20-. The minimum atomic E-state index is -0.651. The third kappa shape index (κ3) is 9.02. The van der Waals surface area contributed by atoms with E-state index in [1.165, 1.54) is 11.8 Å². The van der Waals surface area contributed by atoms with Gasteiger partial charge < -0.3 is 16.0 Å². The number of carbonyl (C=O) groups is 3. The number of halogens is 3. The van der Waals surface area contributed by atoms with Gasteiger partial charge in [0.2, 0.25) is 5.91 Å². The molecule has 10 heteroatoms. The number of benzene rings is 5. The Morgan fingerprint density at radius 2 is 1.37 bits per heavy atom. The van der Waals surface area contributed by atoms with Gasteiger partial charge in [-0.3, -0.25) is 14.4 Å². The Kier molecular flexibility index (Phi) is 11.2. The normalized spacial score (nSPS) is 11.8. The second-order valence-corrected chi connectivity index (χ2v) is 12.4. The molecule has 3 amide bonds. The summed E-state index contributed by atoms with van der Waals surface area (Å²) in [7, 11) is 0. The van der Waals surface area contributed by atoms with E-state index in [1.807, 2.05) is 36.4 Å². The summed E-state index contributed by atoms with van der Waals surface area (Å²) in [6, 6.07) is 36.8. The van der Waals surface area contributed by atoms with E-state index in [9.17, 15) is 14.4 Å². The molecular weight excluding hydrogens is 661 g/mol. The predicted molar refractivity (Wildman–Crippen MR) is 189 cm³/mol. The maximum absolute atomic E-state index is 13.6. The molecule has 5 aromatic carbocycles. The first-order chi connectivity index (χ1) is 22.2. The summed E-state index contributed by atoms with van der Waals surface area (Å²) in [4.78, 5) is 40.9. The number of hydrogen-bond acceptors (Lipinski definition) is 4. The lowest BCUT2D eigenvalue weighted by Gasteiger charge is -2.18. The Morgan fingerprint density at radius 3 is 2.09 bits per heavy atom. The molecule has 0 radical (unpaired) electrons. The van der Waals surface area contributed by atoms with Gasteiger partial charge in [-0.2, -0.15) is 0 Å². The van der Waals surface area contributed by atoms with Crippen LogP contribution in [0.15, 0.2) is 138 Å². The quantitative estimate of drug-likeness (QED) is 0.101. The number of thioether (sulfide) groups is 1. The van der Waals surface area contributed by atoms with Crippen LogP contribution in [0.1, 0.15) is 26.7 Å². The zero-order chi connectivity index (χ0) is 32.5. The first-order valence-electron chi connectivity index (χ1n) is 14.0. The van der Waals surface area contributed by atoms with E-state index in [2.05, 4.69) is 16.0 Å². The molecule has 0 aliphatic rings. The monoisotopic (exact) mass is 685 g/mol. The van der Waals surface area contributed by atoms with E-state index in [0.29, 0.717) is 37.6 Å². The number of rotatable bonds is 10. The first-order valence-corrected chi connectivity index (χ1v) is 16.0. The van der Waals surface area contributed by atoms with Gasteiger partial charge in [-0.15, -0.1) is 11.8 Å². The molecule has 5 aromatic rings. The molecule has 0 aliphatic carbocycles. The van der Waals surface area contributed by atoms with Crippen LogP contribution in [0.3, 0.4) is 0 Å². The lowest BCUT2D eigenvalue weighted by atomic mass is 10.1. The van der Waals surface area contributed by atoms with E-state index in [0.717, 1.165) is 10.5 Å². The van der Waals surface area contributed by atoms with E-state index >= 15 is 0 Å². The fourth-order valence-electron chi connectivity index (χ4n) is 4.38. The highest BCUT2D eigenvalue weighted by atomic mass is 35.5. The number of nitrogens with one attached hydrogen (secondary N) is 3. The van der Waals surface area contributed by atoms with Crippen molar-refractivity contribution in [2.24, 2.45) is 0 Å². The van der Waals surface area contributed by atoms with Gasteiger partial charge in [0.15, 0.2) is 0 Å². The van der Waals surface area contributed by atoms with Crippen molar-refractivity contribution < 1.29 is 14.4 Å². The van der Waals surface area contributed by atoms with Crippen molar-refractivity contribution in [3.63, 3.8) is 0 Å². The van der Waals surface area contributed by atoms with Crippen molar-refractivity contribution in [2.45, 2.75) is 10.1 Å². The van der Waals surface area contributed by atoms with Gasteiger partial charge in [-0.1, -0.05) is 102 Å². The smallest absolute Gasteiger partial charge is 0.272 e. The number of carbonyl (C=O) groups excluding carboxylic acids is 3. The Balaban J connectivity index is 1.38. The van der Waals surface area contributed by atoms with Gasteiger partial charge in [0.25, 0.3) is 11.8 Å². The molecule has 0 aliphatic heterocycles. The Morgan fingerprint density at radius 1 is 0.674 bits per heavy atom. The summed E-state index contributed by atoms with van der Waals surface area (Å²) in [5.74, 6) is -1.27. The molecule has 0 bridgehead atoms. The lowest BCUT2D eigenvalue weighted by molar-refractivity contribution is -0.116. The minimum absolute atomic E-state index is 0.0237. The van der Waals surface area contributed by atoms with Gasteiger partial charge in [0.1, 0.15) is 10.9 Å². The fraction of sp³-hybridized carbons (Fsp3) is 0.0278. The predicted octanol–water partition coefficient (Wildman–Crippen LogP) is 9.53. The molecule has 1 atom stereocenters. The van der Waals surface area contributed by atoms with Crippen molar-refractivity contribution in [3.8, 4) is 0 Å². The second kappa shape index (κ2) is 15.7. The van der Waals surface area contributed by atoms with Gasteiger partial charge in [0.05, 0.1) is 10.7 Å². The molecule has 1 unspecified atom stereocenters. The van der Waals surface area contributed by atoms with Gasteiger partial charge >= 0.3 is 0 Å². The SMILES string of the molecule is O=C(Nc1cccc(SC(C(=O)Nc2ccc(Cl)cc2Cl)c2ccccc2)c1)/C(=C/c1cccc(Cl)c1)NC(=O)c1ccccc1. The molecule has 0 fully saturated rings. The van der Waals surface area contributed by atoms with Crippen molar-refractivity contribution in [1.29, 1.82) is 0 Å². The van der Waals surface area contributed by atoms with Crippen LogP contribution in [-0.2, 0) is 9.59 Å². The van der Waals surface area contributed by atoms with Crippen LogP contribution in [0.25, 0.3) is 6.08 Å². The van der Waals surface area contributed by atoms with E-state index < -0.39 is 17.1 Å². The summed E-state index contributed by atoms with van der Waals surface area (Å²) < 4.78 is 0. The molecule has 230 valence electrons. The van der Waals surface area contributed by atoms with Crippen molar-refractivity contribution >= 4 is 81.7 Å². The highest BCUT2D eigenvalue weighted by Gasteiger charge is 2.23. The first kappa shape index (κ1) is 32.9. The number of hydrogen-bond donors (Lipinski definition) is 3. The Bertz CT molecular complexity index is 1900. The average Bonchev–Trinajstić information content (AvgIpc) is 3.05. The lowest BCUT2D eigenvalue weighted by Crippen LogP contribution is -2.30. The fourth-order valence-corrected chi connectivity index (χ4v) is 6.11.